The van der Waals surface area contributed by atoms with E-state index in [-0.39, 0.29) is 11.7 Å². The van der Waals surface area contributed by atoms with Crippen molar-refractivity contribution >= 4 is 29.1 Å². The molecule has 0 atom stereocenters. The van der Waals surface area contributed by atoms with Crippen molar-refractivity contribution in [2.24, 2.45) is 0 Å². The Morgan fingerprint density at radius 3 is 2.00 bits per heavy atom. The SMILES string of the molecule is CCCCCCCCCCCCCCCCOc1c(NC(=O)c2ccc(CN3C=CSC3)cc2)cccc1C(C)=O. The number of amides is 1. The molecule has 0 aliphatic carbocycles. The molecule has 1 amide bonds. The molecule has 0 radical (unpaired) electrons. The number of hydrogen-bond donors (Lipinski definition) is 1. The van der Waals surface area contributed by atoms with Gasteiger partial charge in [-0.05, 0) is 48.6 Å². The van der Waals surface area contributed by atoms with Crippen LogP contribution in [0.1, 0.15) is 130 Å². The molecule has 0 aromatic heterocycles. The number of anilines is 1. The lowest BCUT2D eigenvalue weighted by Crippen LogP contribution is -2.15. The first-order valence-electron chi connectivity index (χ1n) is 15.8. The zero-order chi connectivity index (χ0) is 29.1. The van der Waals surface area contributed by atoms with Gasteiger partial charge in [-0.3, -0.25) is 9.59 Å². The van der Waals surface area contributed by atoms with Crippen LogP contribution in [0.3, 0.4) is 0 Å². The highest BCUT2D eigenvalue weighted by Gasteiger charge is 2.16. The number of nitrogens with one attached hydrogen (secondary N) is 1. The molecule has 0 saturated carbocycles. The highest BCUT2D eigenvalue weighted by atomic mass is 32.2. The summed E-state index contributed by atoms with van der Waals surface area (Å²) >= 11 is 1.78. The number of carbonyl (C=O) groups is 2. The topological polar surface area (TPSA) is 58.6 Å². The van der Waals surface area contributed by atoms with E-state index in [0.717, 1.165) is 30.8 Å². The van der Waals surface area contributed by atoms with Crippen LogP contribution in [0.4, 0.5) is 5.69 Å². The minimum atomic E-state index is -0.213. The van der Waals surface area contributed by atoms with Gasteiger partial charge in [-0.2, -0.15) is 0 Å². The molecule has 1 heterocycles. The molecule has 3 rings (SSSR count). The lowest BCUT2D eigenvalue weighted by atomic mass is 10.0. The summed E-state index contributed by atoms with van der Waals surface area (Å²) in [6.07, 6.45) is 20.4. The third-order valence-corrected chi connectivity index (χ3v) is 8.39. The summed E-state index contributed by atoms with van der Waals surface area (Å²) < 4.78 is 6.12. The zero-order valence-corrected chi connectivity index (χ0v) is 26.1. The monoisotopic (exact) mass is 578 g/mol. The maximum Gasteiger partial charge on any atom is 0.255 e. The van der Waals surface area contributed by atoms with E-state index < -0.39 is 0 Å². The standard InChI is InChI=1S/C35H50N2O3S/c1-3-4-5-6-7-8-9-10-11-12-13-14-15-16-25-40-34-32(29(2)38)18-17-19-33(34)36-35(39)31-22-20-30(21-23-31)27-37-24-26-41-28-37/h17-24,26H,3-16,25,27-28H2,1-2H3,(H,36,39). The van der Waals surface area contributed by atoms with Gasteiger partial charge in [-0.1, -0.05) is 109 Å². The fourth-order valence-corrected chi connectivity index (χ4v) is 5.85. The molecule has 2 aromatic carbocycles. The van der Waals surface area contributed by atoms with Crippen molar-refractivity contribution in [1.29, 1.82) is 0 Å². The second-order valence-corrected chi connectivity index (χ2v) is 12.0. The van der Waals surface area contributed by atoms with Crippen molar-refractivity contribution in [1.82, 2.24) is 4.90 Å². The second-order valence-electron chi connectivity index (χ2n) is 11.2. The number of ether oxygens (including phenoxy) is 1. The first kappa shape index (κ1) is 32.8. The number of Topliss-reactive ketones (excluding diaryl/α,β-unsaturated/α-hetero) is 1. The Kier molecular flexibility index (Phi) is 15.5. The lowest BCUT2D eigenvalue weighted by molar-refractivity contribution is 0.100. The van der Waals surface area contributed by atoms with Crippen molar-refractivity contribution in [3.8, 4) is 5.75 Å². The Bertz CT molecular complexity index is 1080. The molecule has 1 aliphatic heterocycles. The maximum atomic E-state index is 13.0. The number of hydrogen-bond acceptors (Lipinski definition) is 5. The van der Waals surface area contributed by atoms with Crippen LogP contribution in [0.25, 0.3) is 0 Å². The van der Waals surface area contributed by atoms with Gasteiger partial charge in [0.2, 0.25) is 0 Å². The van der Waals surface area contributed by atoms with E-state index in [1.54, 1.807) is 30.0 Å². The highest BCUT2D eigenvalue weighted by Crippen LogP contribution is 2.30. The molecule has 0 bridgehead atoms. The van der Waals surface area contributed by atoms with Crippen LogP contribution < -0.4 is 10.1 Å². The van der Waals surface area contributed by atoms with Crippen LogP contribution in [0.2, 0.25) is 0 Å². The Hall–Kier alpha value is -2.73. The summed E-state index contributed by atoms with van der Waals surface area (Å²) in [6, 6.07) is 13.0. The van der Waals surface area contributed by atoms with Crippen LogP contribution in [-0.4, -0.2) is 29.1 Å². The van der Waals surface area contributed by atoms with Crippen molar-refractivity contribution in [2.75, 3.05) is 17.8 Å². The molecule has 0 unspecified atom stereocenters. The highest BCUT2D eigenvalue weighted by molar-refractivity contribution is 8.02. The van der Waals surface area contributed by atoms with Crippen LogP contribution in [-0.2, 0) is 6.54 Å². The van der Waals surface area contributed by atoms with Crippen molar-refractivity contribution in [3.63, 3.8) is 0 Å². The first-order valence-corrected chi connectivity index (χ1v) is 16.8. The van der Waals surface area contributed by atoms with Crippen LogP contribution >= 0.6 is 11.8 Å². The van der Waals surface area contributed by atoms with Gasteiger partial charge >= 0.3 is 0 Å². The van der Waals surface area contributed by atoms with E-state index in [1.807, 2.05) is 24.3 Å². The second kappa shape index (κ2) is 19.4. The van der Waals surface area contributed by atoms with Crippen molar-refractivity contribution in [3.05, 3.63) is 70.8 Å². The largest absolute Gasteiger partial charge is 0.491 e. The summed E-state index contributed by atoms with van der Waals surface area (Å²) in [7, 11) is 0. The molecule has 0 spiro atoms. The molecule has 224 valence electrons. The minimum Gasteiger partial charge on any atom is -0.491 e. The number of nitrogens with zero attached hydrogens (tertiary/aromatic N) is 1. The van der Waals surface area contributed by atoms with Crippen LogP contribution in [0.15, 0.2) is 54.1 Å². The number of unbranched alkanes of at least 4 members (excludes halogenated alkanes) is 13. The molecule has 41 heavy (non-hydrogen) atoms. The zero-order valence-electron chi connectivity index (χ0n) is 25.3. The van der Waals surface area contributed by atoms with E-state index in [9.17, 15) is 9.59 Å². The molecular formula is C35H50N2O3S. The fourth-order valence-electron chi connectivity index (χ4n) is 5.14. The van der Waals surface area contributed by atoms with E-state index >= 15 is 0 Å². The predicted molar refractivity (Wildman–Crippen MR) is 174 cm³/mol. The summed E-state index contributed by atoms with van der Waals surface area (Å²) in [6.45, 7) is 5.16. The fraction of sp³-hybridized carbons (Fsp3) is 0.543. The van der Waals surface area contributed by atoms with E-state index in [1.165, 1.54) is 84.0 Å². The quantitative estimate of drug-likeness (QED) is 0.118. The van der Waals surface area contributed by atoms with Gasteiger partial charge in [0.25, 0.3) is 5.91 Å². The molecule has 6 heteroatoms. The molecule has 5 nitrogen and oxygen atoms in total. The summed E-state index contributed by atoms with van der Waals surface area (Å²) in [5.41, 5.74) is 2.77. The molecule has 0 fully saturated rings. The summed E-state index contributed by atoms with van der Waals surface area (Å²) in [4.78, 5) is 27.6. The summed E-state index contributed by atoms with van der Waals surface area (Å²) in [5, 5.41) is 5.07. The van der Waals surface area contributed by atoms with Gasteiger partial charge in [-0.15, -0.1) is 11.8 Å². The Morgan fingerprint density at radius 1 is 0.829 bits per heavy atom. The smallest absolute Gasteiger partial charge is 0.255 e. The Balaban J connectivity index is 1.37. The molecule has 1 N–H and O–H groups in total. The van der Waals surface area contributed by atoms with E-state index in [4.69, 9.17) is 4.74 Å². The van der Waals surface area contributed by atoms with Crippen molar-refractivity contribution in [2.45, 2.75) is 110 Å². The normalized spacial score (nSPS) is 12.6. The average molecular weight is 579 g/mol. The van der Waals surface area contributed by atoms with Crippen molar-refractivity contribution < 1.29 is 14.3 Å². The average Bonchev–Trinajstić information content (AvgIpc) is 3.49. The number of para-hydroxylation sites is 1. The molecule has 1 aliphatic rings. The van der Waals surface area contributed by atoms with Gasteiger partial charge < -0.3 is 15.0 Å². The molecular weight excluding hydrogens is 528 g/mol. The Labute approximate surface area is 252 Å². The number of thioether (sulfide) groups is 1. The van der Waals surface area contributed by atoms with Crippen LogP contribution in [0.5, 0.6) is 5.75 Å². The van der Waals surface area contributed by atoms with Gasteiger partial charge in [0.05, 0.1) is 23.7 Å². The number of benzene rings is 2. The third-order valence-electron chi connectivity index (χ3n) is 7.60. The van der Waals surface area contributed by atoms with Gasteiger partial charge in [0, 0.05) is 18.3 Å². The van der Waals surface area contributed by atoms with Gasteiger partial charge in [-0.25, -0.2) is 0 Å². The molecule has 0 saturated heterocycles. The Morgan fingerprint density at radius 2 is 1.44 bits per heavy atom. The summed E-state index contributed by atoms with van der Waals surface area (Å²) in [5.74, 6) is 1.14. The lowest BCUT2D eigenvalue weighted by Gasteiger charge is -2.16. The van der Waals surface area contributed by atoms with E-state index in [0.29, 0.717) is 29.2 Å². The number of carbonyl (C=O) groups excluding carboxylic acids is 2. The number of ketones is 1. The van der Waals surface area contributed by atoms with E-state index in [2.05, 4.69) is 28.7 Å². The molecule has 2 aromatic rings. The van der Waals surface area contributed by atoms with Gasteiger partial charge in [0.15, 0.2) is 11.5 Å². The third kappa shape index (κ3) is 12.4. The maximum absolute atomic E-state index is 13.0. The van der Waals surface area contributed by atoms with Crippen LogP contribution in [0, 0.1) is 0 Å². The number of rotatable bonds is 21. The predicted octanol–water partition coefficient (Wildman–Crippen LogP) is 9.98. The minimum absolute atomic E-state index is 0.0736. The van der Waals surface area contributed by atoms with Gasteiger partial charge in [0.1, 0.15) is 0 Å². The first-order chi connectivity index (χ1) is 20.1.